The first-order valence-corrected chi connectivity index (χ1v) is 5.22. The zero-order valence-corrected chi connectivity index (χ0v) is 9.23. The lowest BCUT2D eigenvalue weighted by Gasteiger charge is -2.09. The number of benzene rings is 1. The Morgan fingerprint density at radius 2 is 2.14 bits per heavy atom. The van der Waals surface area contributed by atoms with Gasteiger partial charge < -0.3 is 0 Å². The summed E-state index contributed by atoms with van der Waals surface area (Å²) in [6.45, 7) is 2.06. The third-order valence-electron chi connectivity index (χ3n) is 2.92. The summed E-state index contributed by atoms with van der Waals surface area (Å²) in [5.74, 6) is 0.395. The average molecular weight is 226 g/mol. The predicted molar refractivity (Wildman–Crippen MR) is 57.5 cm³/mol. The van der Waals surface area contributed by atoms with Crippen LogP contribution in [-0.4, -0.2) is 0 Å². The lowest BCUT2D eigenvalue weighted by atomic mass is 9.95. The van der Waals surface area contributed by atoms with Gasteiger partial charge in [0.15, 0.2) is 0 Å². The molecule has 72 valence electrons. The molecule has 14 heavy (non-hydrogen) atoms. The van der Waals surface area contributed by atoms with Gasteiger partial charge in [-0.2, -0.15) is 5.26 Å². The van der Waals surface area contributed by atoms with Crippen LogP contribution >= 0.6 is 23.2 Å². The topological polar surface area (TPSA) is 23.8 Å². The highest BCUT2D eigenvalue weighted by Gasteiger charge is 2.54. The number of hydrogen-bond acceptors (Lipinski definition) is 1. The maximum absolute atomic E-state index is 9.13. The van der Waals surface area contributed by atoms with Gasteiger partial charge in [0, 0.05) is 10.0 Å². The molecule has 2 atom stereocenters. The zero-order valence-electron chi connectivity index (χ0n) is 7.72. The number of nitrogens with zero attached hydrogens (tertiary/aromatic N) is 1. The van der Waals surface area contributed by atoms with Crippen LogP contribution in [0.4, 0.5) is 0 Å². The minimum atomic E-state index is -0.359. The first kappa shape index (κ1) is 9.83. The number of halogens is 2. The lowest BCUT2D eigenvalue weighted by Crippen LogP contribution is -2.06. The Labute approximate surface area is 93.2 Å². The maximum atomic E-state index is 9.13. The molecule has 1 aromatic rings. The molecule has 0 heterocycles. The van der Waals surface area contributed by atoms with Gasteiger partial charge in [-0.05, 0) is 30.0 Å². The molecule has 1 saturated carbocycles. The van der Waals surface area contributed by atoms with Crippen LogP contribution in [0.3, 0.4) is 0 Å². The molecule has 0 aliphatic heterocycles. The van der Waals surface area contributed by atoms with Crippen molar-refractivity contribution in [2.24, 2.45) is 5.92 Å². The highest BCUT2D eigenvalue weighted by atomic mass is 35.5. The van der Waals surface area contributed by atoms with Crippen LogP contribution in [0.25, 0.3) is 0 Å². The summed E-state index contributed by atoms with van der Waals surface area (Å²) in [5, 5.41) is 10.3. The molecular formula is C11H9Cl2N. The van der Waals surface area contributed by atoms with Gasteiger partial charge >= 0.3 is 0 Å². The van der Waals surface area contributed by atoms with Crippen molar-refractivity contribution >= 4 is 23.2 Å². The smallest absolute Gasteiger partial charge is 0.0866 e. The first-order chi connectivity index (χ1) is 6.60. The molecule has 0 spiro atoms. The molecule has 3 heteroatoms. The summed E-state index contributed by atoms with van der Waals surface area (Å²) >= 11 is 11.9. The molecule has 1 aromatic carbocycles. The van der Waals surface area contributed by atoms with Crippen molar-refractivity contribution in [2.75, 3.05) is 0 Å². The van der Waals surface area contributed by atoms with Gasteiger partial charge in [0.05, 0.1) is 11.5 Å². The number of rotatable bonds is 1. The zero-order chi connectivity index (χ0) is 10.3. The van der Waals surface area contributed by atoms with Crippen molar-refractivity contribution in [1.82, 2.24) is 0 Å². The van der Waals surface area contributed by atoms with Crippen LogP contribution in [0.1, 0.15) is 18.9 Å². The average Bonchev–Trinajstić information content (AvgIpc) is 2.78. The molecule has 0 bridgehead atoms. The van der Waals surface area contributed by atoms with Crippen molar-refractivity contribution in [2.45, 2.75) is 18.8 Å². The van der Waals surface area contributed by atoms with Crippen LogP contribution in [0.2, 0.25) is 10.0 Å². The molecule has 1 aliphatic rings. The fourth-order valence-corrected chi connectivity index (χ4v) is 2.44. The molecular weight excluding hydrogens is 217 g/mol. The van der Waals surface area contributed by atoms with Gasteiger partial charge in [-0.15, -0.1) is 0 Å². The van der Waals surface area contributed by atoms with E-state index in [0.717, 1.165) is 12.0 Å². The minimum Gasteiger partial charge on any atom is -0.197 e. The van der Waals surface area contributed by atoms with E-state index in [9.17, 15) is 0 Å². The Hall–Kier alpha value is -0.710. The van der Waals surface area contributed by atoms with E-state index >= 15 is 0 Å². The summed E-state index contributed by atoms with van der Waals surface area (Å²) < 4.78 is 0. The molecule has 1 aliphatic carbocycles. The van der Waals surface area contributed by atoms with Gasteiger partial charge in [-0.3, -0.25) is 0 Å². The molecule has 2 rings (SSSR count). The Kier molecular flexibility index (Phi) is 2.21. The van der Waals surface area contributed by atoms with E-state index in [-0.39, 0.29) is 5.41 Å². The highest BCUT2D eigenvalue weighted by Crippen LogP contribution is 2.55. The van der Waals surface area contributed by atoms with Crippen molar-refractivity contribution in [1.29, 1.82) is 5.26 Å². The largest absolute Gasteiger partial charge is 0.197 e. The van der Waals surface area contributed by atoms with Crippen molar-refractivity contribution in [3.05, 3.63) is 33.8 Å². The third kappa shape index (κ3) is 1.30. The Balaban J connectivity index is 2.49. The second-order valence-electron chi connectivity index (χ2n) is 3.81. The summed E-state index contributed by atoms with van der Waals surface area (Å²) in [7, 11) is 0. The van der Waals surface area contributed by atoms with Crippen LogP contribution in [-0.2, 0) is 5.41 Å². The van der Waals surface area contributed by atoms with E-state index in [4.69, 9.17) is 28.5 Å². The van der Waals surface area contributed by atoms with Crippen LogP contribution in [0.15, 0.2) is 18.2 Å². The molecule has 0 radical (unpaired) electrons. The Bertz CT molecular complexity index is 422. The van der Waals surface area contributed by atoms with Crippen molar-refractivity contribution in [3.63, 3.8) is 0 Å². The molecule has 0 saturated heterocycles. The molecule has 0 aromatic heterocycles. The molecule has 1 nitrogen and oxygen atoms in total. The summed E-state index contributed by atoms with van der Waals surface area (Å²) in [4.78, 5) is 0. The minimum absolute atomic E-state index is 0.359. The predicted octanol–water partition coefficient (Wildman–Crippen LogP) is 3.79. The van der Waals surface area contributed by atoms with Gasteiger partial charge in [-0.1, -0.05) is 36.2 Å². The van der Waals surface area contributed by atoms with Crippen LogP contribution in [0, 0.1) is 17.2 Å². The van der Waals surface area contributed by atoms with Gasteiger partial charge in [-0.25, -0.2) is 0 Å². The lowest BCUT2D eigenvalue weighted by molar-refractivity contribution is 0.792. The van der Waals surface area contributed by atoms with Crippen molar-refractivity contribution in [3.8, 4) is 6.07 Å². The van der Waals surface area contributed by atoms with Crippen LogP contribution < -0.4 is 0 Å². The quantitative estimate of drug-likeness (QED) is 0.714. The third-order valence-corrected chi connectivity index (χ3v) is 3.47. The monoisotopic (exact) mass is 225 g/mol. The molecule has 0 amide bonds. The number of nitriles is 1. The Morgan fingerprint density at radius 3 is 2.57 bits per heavy atom. The van der Waals surface area contributed by atoms with E-state index in [1.165, 1.54) is 0 Å². The van der Waals surface area contributed by atoms with E-state index < -0.39 is 0 Å². The van der Waals surface area contributed by atoms with E-state index in [0.29, 0.717) is 16.0 Å². The fraction of sp³-hybridized carbons (Fsp3) is 0.364. The van der Waals surface area contributed by atoms with Gasteiger partial charge in [0.25, 0.3) is 0 Å². The summed E-state index contributed by atoms with van der Waals surface area (Å²) in [6, 6.07) is 7.69. The summed E-state index contributed by atoms with van der Waals surface area (Å²) in [6.07, 6.45) is 0.894. The second-order valence-corrected chi connectivity index (χ2v) is 4.66. The molecule has 2 unspecified atom stereocenters. The molecule has 1 fully saturated rings. The van der Waals surface area contributed by atoms with E-state index in [1.807, 2.05) is 6.07 Å². The maximum Gasteiger partial charge on any atom is 0.0866 e. The SMILES string of the molecule is CC1CC1(C#N)c1ccc(Cl)cc1Cl. The second kappa shape index (κ2) is 3.15. The number of hydrogen-bond donors (Lipinski definition) is 0. The molecule has 0 N–H and O–H groups in total. The van der Waals surface area contributed by atoms with E-state index in [1.54, 1.807) is 12.1 Å². The normalized spacial score (nSPS) is 29.7. The van der Waals surface area contributed by atoms with Gasteiger partial charge in [0.1, 0.15) is 0 Å². The van der Waals surface area contributed by atoms with Crippen LogP contribution in [0.5, 0.6) is 0 Å². The highest BCUT2D eigenvalue weighted by molar-refractivity contribution is 6.35. The van der Waals surface area contributed by atoms with E-state index in [2.05, 4.69) is 13.0 Å². The van der Waals surface area contributed by atoms with Gasteiger partial charge in [0.2, 0.25) is 0 Å². The van der Waals surface area contributed by atoms with Crippen molar-refractivity contribution < 1.29 is 0 Å². The fourth-order valence-electron chi connectivity index (χ4n) is 1.87. The first-order valence-electron chi connectivity index (χ1n) is 4.47. The Morgan fingerprint density at radius 1 is 1.50 bits per heavy atom. The standard InChI is InChI=1S/C11H9Cl2N/c1-7-5-11(7,6-14)9-3-2-8(12)4-10(9)13/h2-4,7H,5H2,1H3. The summed E-state index contributed by atoms with van der Waals surface area (Å²) in [5.41, 5.74) is 0.556.